The van der Waals surface area contributed by atoms with E-state index in [4.69, 9.17) is 0 Å². The molecule has 1 aliphatic heterocycles. The van der Waals surface area contributed by atoms with E-state index in [2.05, 4.69) is 19.2 Å². The van der Waals surface area contributed by atoms with Gasteiger partial charge in [-0.1, -0.05) is 33.6 Å². The second-order valence-corrected chi connectivity index (χ2v) is 6.62. The van der Waals surface area contributed by atoms with Crippen LogP contribution in [0.5, 0.6) is 0 Å². The highest BCUT2D eigenvalue weighted by molar-refractivity contribution is 7.84. The third-order valence-corrected chi connectivity index (χ3v) is 4.75. The van der Waals surface area contributed by atoms with Gasteiger partial charge >= 0.3 is 0 Å². The summed E-state index contributed by atoms with van der Waals surface area (Å²) in [4.78, 5) is 14.1. The Morgan fingerprint density at radius 3 is 2.61 bits per heavy atom. The van der Waals surface area contributed by atoms with Crippen molar-refractivity contribution < 1.29 is 9.00 Å². The lowest BCUT2D eigenvalue weighted by atomic mass is 10.1. The maximum absolute atomic E-state index is 12.2. The third-order valence-electron chi connectivity index (χ3n) is 3.47. The van der Waals surface area contributed by atoms with E-state index >= 15 is 0 Å². The molecule has 0 aromatic rings. The summed E-state index contributed by atoms with van der Waals surface area (Å²) in [7, 11) is -0.793. The van der Waals surface area contributed by atoms with Crippen LogP contribution in [0.2, 0.25) is 0 Å². The highest BCUT2D eigenvalue weighted by Crippen LogP contribution is 2.17. The molecule has 18 heavy (non-hydrogen) atoms. The van der Waals surface area contributed by atoms with Gasteiger partial charge in [-0.05, 0) is 12.8 Å². The summed E-state index contributed by atoms with van der Waals surface area (Å²) in [6, 6.07) is -0.0232. The SMILES string of the molecule is CCCCC1NC(CC)N(CCS(=O)CC)C1=O. The summed E-state index contributed by atoms with van der Waals surface area (Å²) in [5.74, 6) is 1.47. The van der Waals surface area contributed by atoms with E-state index in [0.717, 1.165) is 25.7 Å². The number of amides is 1. The molecule has 1 amide bonds. The lowest BCUT2D eigenvalue weighted by molar-refractivity contribution is -0.129. The minimum absolute atomic E-state index is 0.0232. The van der Waals surface area contributed by atoms with Crippen molar-refractivity contribution in [3.63, 3.8) is 0 Å². The van der Waals surface area contributed by atoms with Crippen LogP contribution in [0.4, 0.5) is 0 Å². The Morgan fingerprint density at radius 2 is 2.06 bits per heavy atom. The minimum Gasteiger partial charge on any atom is -0.325 e. The van der Waals surface area contributed by atoms with Crippen molar-refractivity contribution in [3.8, 4) is 0 Å². The molecule has 0 aliphatic carbocycles. The zero-order chi connectivity index (χ0) is 13.5. The number of carbonyl (C=O) groups is 1. The van der Waals surface area contributed by atoms with Crippen LogP contribution in [0.1, 0.15) is 46.5 Å². The van der Waals surface area contributed by atoms with E-state index in [1.54, 1.807) is 0 Å². The van der Waals surface area contributed by atoms with Gasteiger partial charge in [-0.2, -0.15) is 0 Å². The molecule has 1 saturated heterocycles. The van der Waals surface area contributed by atoms with Gasteiger partial charge in [0.05, 0.1) is 12.2 Å². The molecule has 3 atom stereocenters. The summed E-state index contributed by atoms with van der Waals surface area (Å²) in [5, 5.41) is 3.39. The first kappa shape index (κ1) is 15.6. The van der Waals surface area contributed by atoms with Crippen LogP contribution >= 0.6 is 0 Å². The van der Waals surface area contributed by atoms with Crippen molar-refractivity contribution in [1.82, 2.24) is 10.2 Å². The van der Waals surface area contributed by atoms with Gasteiger partial charge in [0, 0.05) is 28.9 Å². The number of nitrogens with zero attached hydrogens (tertiary/aromatic N) is 1. The maximum atomic E-state index is 12.2. The second-order valence-electron chi connectivity index (χ2n) is 4.75. The molecule has 3 unspecified atom stereocenters. The summed E-state index contributed by atoms with van der Waals surface area (Å²) in [6.45, 7) is 6.75. The Hall–Kier alpha value is -0.420. The summed E-state index contributed by atoms with van der Waals surface area (Å²) in [6.07, 6.45) is 4.15. The fourth-order valence-corrected chi connectivity index (χ4v) is 3.00. The van der Waals surface area contributed by atoms with Gasteiger partial charge in [0.25, 0.3) is 0 Å². The Kier molecular flexibility index (Phi) is 6.86. The minimum atomic E-state index is -0.793. The van der Waals surface area contributed by atoms with Crippen LogP contribution in [0.3, 0.4) is 0 Å². The molecule has 0 bridgehead atoms. The fraction of sp³-hybridized carbons (Fsp3) is 0.923. The largest absolute Gasteiger partial charge is 0.325 e. The van der Waals surface area contributed by atoms with Crippen molar-refractivity contribution in [2.75, 3.05) is 18.1 Å². The number of hydrogen-bond acceptors (Lipinski definition) is 3. The van der Waals surface area contributed by atoms with E-state index in [1.165, 1.54) is 0 Å². The number of rotatable bonds is 8. The molecule has 5 heteroatoms. The molecule has 1 rings (SSSR count). The van der Waals surface area contributed by atoms with E-state index in [9.17, 15) is 9.00 Å². The van der Waals surface area contributed by atoms with Gasteiger partial charge in [0.2, 0.25) is 5.91 Å². The molecule has 0 aromatic carbocycles. The Bertz CT molecular complexity index is 297. The lowest BCUT2D eigenvalue weighted by Crippen LogP contribution is -2.39. The number of nitrogens with one attached hydrogen (secondary N) is 1. The van der Waals surface area contributed by atoms with Crippen LogP contribution < -0.4 is 5.32 Å². The predicted molar refractivity (Wildman–Crippen MR) is 75.8 cm³/mol. The molecule has 106 valence electrons. The zero-order valence-corrected chi connectivity index (χ0v) is 12.6. The molecular weight excluding hydrogens is 248 g/mol. The van der Waals surface area contributed by atoms with Gasteiger partial charge < -0.3 is 4.90 Å². The van der Waals surface area contributed by atoms with Gasteiger partial charge in [0.1, 0.15) is 0 Å². The van der Waals surface area contributed by atoms with Crippen molar-refractivity contribution in [3.05, 3.63) is 0 Å². The van der Waals surface area contributed by atoms with E-state index < -0.39 is 10.8 Å². The van der Waals surface area contributed by atoms with Gasteiger partial charge in [0.15, 0.2) is 0 Å². The standard InChI is InChI=1S/C13H26N2O2S/c1-4-7-8-11-13(16)15(12(5-2)14-11)9-10-18(17)6-3/h11-12,14H,4-10H2,1-3H3. The summed E-state index contributed by atoms with van der Waals surface area (Å²) in [5.41, 5.74) is 0. The van der Waals surface area contributed by atoms with Crippen molar-refractivity contribution in [2.45, 2.75) is 58.7 Å². The highest BCUT2D eigenvalue weighted by Gasteiger charge is 2.36. The fourth-order valence-electron chi connectivity index (χ4n) is 2.31. The van der Waals surface area contributed by atoms with E-state index in [-0.39, 0.29) is 18.1 Å². The Labute approximate surface area is 113 Å². The molecule has 1 heterocycles. The number of unbranched alkanes of at least 4 members (excludes halogenated alkanes) is 1. The van der Waals surface area contributed by atoms with Crippen LogP contribution in [0, 0.1) is 0 Å². The van der Waals surface area contributed by atoms with Crippen LogP contribution in [0.25, 0.3) is 0 Å². The molecule has 0 aromatic heterocycles. The quantitative estimate of drug-likeness (QED) is 0.729. The Balaban J connectivity index is 2.53. The normalized spacial score (nSPS) is 25.7. The summed E-state index contributed by atoms with van der Waals surface area (Å²) >= 11 is 0. The van der Waals surface area contributed by atoms with Crippen molar-refractivity contribution in [1.29, 1.82) is 0 Å². The third kappa shape index (κ3) is 4.05. The summed E-state index contributed by atoms with van der Waals surface area (Å²) < 4.78 is 11.5. The number of carbonyl (C=O) groups excluding carboxylic acids is 1. The smallest absolute Gasteiger partial charge is 0.241 e. The van der Waals surface area contributed by atoms with E-state index in [0.29, 0.717) is 18.1 Å². The molecule has 0 saturated carbocycles. The molecule has 1 N–H and O–H groups in total. The van der Waals surface area contributed by atoms with Crippen LogP contribution in [0.15, 0.2) is 0 Å². The van der Waals surface area contributed by atoms with Crippen LogP contribution in [-0.4, -0.2) is 45.3 Å². The molecule has 0 spiro atoms. The first-order valence-corrected chi connectivity index (χ1v) is 8.54. The predicted octanol–water partition coefficient (Wildman–Crippen LogP) is 1.48. The number of hydrogen-bond donors (Lipinski definition) is 1. The topological polar surface area (TPSA) is 49.4 Å². The van der Waals surface area contributed by atoms with E-state index in [1.807, 2.05) is 11.8 Å². The monoisotopic (exact) mass is 274 g/mol. The highest BCUT2D eigenvalue weighted by atomic mass is 32.2. The maximum Gasteiger partial charge on any atom is 0.241 e. The molecule has 4 nitrogen and oxygen atoms in total. The molecular formula is C13H26N2O2S. The average molecular weight is 274 g/mol. The first-order valence-electron chi connectivity index (χ1n) is 7.05. The molecule has 0 radical (unpaired) electrons. The zero-order valence-electron chi connectivity index (χ0n) is 11.8. The Morgan fingerprint density at radius 1 is 1.33 bits per heavy atom. The van der Waals surface area contributed by atoms with Crippen molar-refractivity contribution >= 4 is 16.7 Å². The van der Waals surface area contributed by atoms with Crippen LogP contribution in [-0.2, 0) is 15.6 Å². The molecule has 1 fully saturated rings. The lowest BCUT2D eigenvalue weighted by Gasteiger charge is -2.22. The van der Waals surface area contributed by atoms with Gasteiger partial charge in [-0.3, -0.25) is 14.3 Å². The van der Waals surface area contributed by atoms with Gasteiger partial charge in [-0.25, -0.2) is 0 Å². The molecule has 1 aliphatic rings. The van der Waals surface area contributed by atoms with Gasteiger partial charge in [-0.15, -0.1) is 0 Å². The second kappa shape index (κ2) is 7.89. The first-order chi connectivity index (χ1) is 8.63. The van der Waals surface area contributed by atoms with Crippen molar-refractivity contribution in [2.24, 2.45) is 0 Å². The average Bonchev–Trinajstić information content (AvgIpc) is 2.69.